The van der Waals surface area contributed by atoms with Gasteiger partial charge in [0.05, 0.1) is 6.26 Å². The van der Waals surface area contributed by atoms with Crippen molar-refractivity contribution in [1.82, 2.24) is 0 Å². The molecular formula is C16H20N2O2. The van der Waals surface area contributed by atoms with E-state index in [0.29, 0.717) is 25.1 Å². The third-order valence-electron chi connectivity index (χ3n) is 3.12. The lowest BCUT2D eigenvalue weighted by Crippen LogP contribution is -2.31. The second-order valence-corrected chi connectivity index (χ2v) is 4.72. The summed E-state index contributed by atoms with van der Waals surface area (Å²) >= 11 is 0. The number of anilines is 2. The molecule has 1 amide bonds. The van der Waals surface area contributed by atoms with Crippen molar-refractivity contribution >= 4 is 17.3 Å². The Kier molecular flexibility index (Phi) is 4.82. The fourth-order valence-corrected chi connectivity index (χ4v) is 2.10. The summed E-state index contributed by atoms with van der Waals surface area (Å²) in [5.41, 5.74) is 7.28. The molecule has 2 rings (SSSR count). The first kappa shape index (κ1) is 14.2. The van der Waals surface area contributed by atoms with Gasteiger partial charge >= 0.3 is 0 Å². The van der Waals surface area contributed by atoms with Crippen molar-refractivity contribution in [3.63, 3.8) is 0 Å². The second-order valence-electron chi connectivity index (χ2n) is 4.72. The molecule has 0 aliphatic heterocycles. The van der Waals surface area contributed by atoms with E-state index in [1.807, 2.05) is 41.3 Å². The summed E-state index contributed by atoms with van der Waals surface area (Å²) in [4.78, 5) is 14.2. The number of hydrogen-bond acceptors (Lipinski definition) is 3. The van der Waals surface area contributed by atoms with Crippen LogP contribution in [0.1, 0.15) is 25.5 Å². The molecule has 0 atom stereocenters. The first-order chi connectivity index (χ1) is 9.70. The Morgan fingerprint density at radius 2 is 2.00 bits per heavy atom. The zero-order valence-corrected chi connectivity index (χ0v) is 11.7. The van der Waals surface area contributed by atoms with E-state index in [0.717, 1.165) is 17.9 Å². The molecule has 0 unspecified atom stereocenters. The van der Waals surface area contributed by atoms with Crippen molar-refractivity contribution in [2.45, 2.75) is 26.2 Å². The van der Waals surface area contributed by atoms with E-state index in [1.165, 1.54) is 0 Å². The van der Waals surface area contributed by atoms with Crippen LogP contribution in [0.2, 0.25) is 0 Å². The summed E-state index contributed by atoms with van der Waals surface area (Å²) < 4.78 is 5.26. The van der Waals surface area contributed by atoms with E-state index in [4.69, 9.17) is 10.2 Å². The number of hydrogen-bond donors (Lipinski definition) is 1. The average Bonchev–Trinajstić information content (AvgIpc) is 2.97. The molecule has 1 aromatic heterocycles. The predicted molar refractivity (Wildman–Crippen MR) is 80.5 cm³/mol. The Hall–Kier alpha value is -2.23. The maximum atomic E-state index is 12.4. The lowest BCUT2D eigenvalue weighted by Gasteiger charge is -2.22. The Morgan fingerprint density at radius 3 is 2.60 bits per heavy atom. The summed E-state index contributed by atoms with van der Waals surface area (Å²) in [7, 11) is 0. The highest BCUT2D eigenvalue weighted by Crippen LogP contribution is 2.18. The van der Waals surface area contributed by atoms with Gasteiger partial charge in [-0.15, -0.1) is 0 Å². The fourth-order valence-electron chi connectivity index (χ4n) is 2.10. The lowest BCUT2D eigenvalue weighted by molar-refractivity contribution is -0.118. The molecule has 0 bridgehead atoms. The van der Waals surface area contributed by atoms with Gasteiger partial charge in [-0.2, -0.15) is 0 Å². The number of amides is 1. The molecule has 2 aromatic rings. The first-order valence-corrected chi connectivity index (χ1v) is 6.89. The molecule has 4 nitrogen and oxygen atoms in total. The van der Waals surface area contributed by atoms with Gasteiger partial charge in [-0.3, -0.25) is 4.79 Å². The van der Waals surface area contributed by atoms with Gasteiger partial charge in [0.25, 0.3) is 0 Å². The van der Waals surface area contributed by atoms with Crippen molar-refractivity contribution < 1.29 is 9.21 Å². The summed E-state index contributed by atoms with van der Waals surface area (Å²) in [6.45, 7) is 2.77. The standard InChI is InChI=1S/C16H20N2O2/c1-2-11-18(14-7-5-13(17)6-8-14)16(19)10-9-15-4-3-12-20-15/h3-8,12H,2,9-11,17H2,1H3. The van der Waals surface area contributed by atoms with E-state index in [9.17, 15) is 4.79 Å². The van der Waals surface area contributed by atoms with Crippen LogP contribution in [0.15, 0.2) is 47.1 Å². The average molecular weight is 272 g/mol. The normalized spacial score (nSPS) is 10.4. The summed E-state index contributed by atoms with van der Waals surface area (Å²) in [6.07, 6.45) is 3.61. The smallest absolute Gasteiger partial charge is 0.227 e. The molecule has 1 heterocycles. The molecule has 0 fully saturated rings. The molecule has 0 aliphatic carbocycles. The Balaban J connectivity index is 2.03. The van der Waals surface area contributed by atoms with E-state index in [-0.39, 0.29) is 5.91 Å². The van der Waals surface area contributed by atoms with Gasteiger partial charge in [0.1, 0.15) is 5.76 Å². The number of rotatable bonds is 6. The Morgan fingerprint density at radius 1 is 1.25 bits per heavy atom. The van der Waals surface area contributed by atoms with Crippen molar-refractivity contribution in [2.75, 3.05) is 17.2 Å². The van der Waals surface area contributed by atoms with Crippen molar-refractivity contribution in [3.8, 4) is 0 Å². The lowest BCUT2D eigenvalue weighted by atomic mass is 10.2. The van der Waals surface area contributed by atoms with Gasteiger partial charge in [-0.1, -0.05) is 6.92 Å². The van der Waals surface area contributed by atoms with Crippen molar-refractivity contribution in [1.29, 1.82) is 0 Å². The van der Waals surface area contributed by atoms with Crippen LogP contribution in [-0.4, -0.2) is 12.5 Å². The molecule has 106 valence electrons. The van der Waals surface area contributed by atoms with Gasteiger partial charge in [0.15, 0.2) is 0 Å². The monoisotopic (exact) mass is 272 g/mol. The van der Waals surface area contributed by atoms with Gasteiger partial charge in [0, 0.05) is 30.8 Å². The molecule has 4 heteroatoms. The molecule has 0 aliphatic rings. The zero-order chi connectivity index (χ0) is 14.4. The van der Waals surface area contributed by atoms with Gasteiger partial charge < -0.3 is 15.1 Å². The van der Waals surface area contributed by atoms with E-state index >= 15 is 0 Å². The van der Waals surface area contributed by atoms with E-state index < -0.39 is 0 Å². The summed E-state index contributed by atoms with van der Waals surface area (Å²) in [5.74, 6) is 0.945. The van der Waals surface area contributed by atoms with Gasteiger partial charge in [-0.05, 0) is 42.8 Å². The first-order valence-electron chi connectivity index (χ1n) is 6.89. The number of nitrogen functional groups attached to an aromatic ring is 1. The van der Waals surface area contributed by atoms with Gasteiger partial charge in [-0.25, -0.2) is 0 Å². The summed E-state index contributed by atoms with van der Waals surface area (Å²) in [5, 5.41) is 0. The van der Waals surface area contributed by atoms with Crippen LogP contribution in [0.25, 0.3) is 0 Å². The number of furan rings is 1. The molecule has 0 saturated carbocycles. The third kappa shape index (κ3) is 3.63. The van der Waals surface area contributed by atoms with Crippen LogP contribution >= 0.6 is 0 Å². The number of aryl methyl sites for hydroxylation is 1. The third-order valence-corrected chi connectivity index (χ3v) is 3.12. The fraction of sp³-hybridized carbons (Fsp3) is 0.312. The SMILES string of the molecule is CCCN(C(=O)CCc1ccco1)c1ccc(N)cc1. The predicted octanol–water partition coefficient (Wildman–Crippen LogP) is 3.24. The molecule has 2 N–H and O–H groups in total. The topological polar surface area (TPSA) is 59.5 Å². The number of carbonyl (C=O) groups is 1. The maximum Gasteiger partial charge on any atom is 0.227 e. The van der Waals surface area contributed by atoms with Crippen molar-refractivity contribution in [2.24, 2.45) is 0 Å². The Bertz CT molecular complexity index is 532. The second kappa shape index (κ2) is 6.80. The van der Waals surface area contributed by atoms with Crippen LogP contribution < -0.4 is 10.6 Å². The quantitative estimate of drug-likeness (QED) is 0.821. The Labute approximate surface area is 119 Å². The van der Waals surface area contributed by atoms with Crippen LogP contribution in [-0.2, 0) is 11.2 Å². The highest BCUT2D eigenvalue weighted by Gasteiger charge is 2.15. The van der Waals surface area contributed by atoms with E-state index in [1.54, 1.807) is 6.26 Å². The van der Waals surface area contributed by atoms with Crippen LogP contribution in [0.3, 0.4) is 0 Å². The minimum absolute atomic E-state index is 0.105. The molecule has 0 saturated heterocycles. The highest BCUT2D eigenvalue weighted by atomic mass is 16.3. The number of nitrogens with two attached hydrogens (primary N) is 1. The van der Waals surface area contributed by atoms with Crippen LogP contribution in [0.4, 0.5) is 11.4 Å². The highest BCUT2D eigenvalue weighted by molar-refractivity contribution is 5.93. The molecule has 1 aromatic carbocycles. The maximum absolute atomic E-state index is 12.4. The molecular weight excluding hydrogens is 252 g/mol. The molecule has 0 radical (unpaired) electrons. The number of carbonyl (C=O) groups excluding carboxylic acids is 1. The summed E-state index contributed by atoms with van der Waals surface area (Å²) in [6, 6.07) is 11.1. The minimum Gasteiger partial charge on any atom is -0.469 e. The van der Waals surface area contributed by atoms with Gasteiger partial charge in [0.2, 0.25) is 5.91 Å². The largest absolute Gasteiger partial charge is 0.469 e. The molecule has 20 heavy (non-hydrogen) atoms. The van der Waals surface area contributed by atoms with E-state index in [2.05, 4.69) is 6.92 Å². The zero-order valence-electron chi connectivity index (χ0n) is 11.7. The number of benzene rings is 1. The van der Waals surface area contributed by atoms with Crippen molar-refractivity contribution in [3.05, 3.63) is 48.4 Å². The van der Waals surface area contributed by atoms with Crippen LogP contribution in [0, 0.1) is 0 Å². The van der Waals surface area contributed by atoms with Crippen LogP contribution in [0.5, 0.6) is 0 Å². The molecule has 0 spiro atoms. The minimum atomic E-state index is 0.105. The number of nitrogens with zero attached hydrogens (tertiary/aromatic N) is 1.